The van der Waals surface area contributed by atoms with Gasteiger partial charge in [-0.2, -0.15) is 0 Å². The number of benzene rings is 1. The highest BCUT2D eigenvalue weighted by Gasteiger charge is 2.21. The van der Waals surface area contributed by atoms with E-state index < -0.39 is 6.61 Å². The molecule has 1 fully saturated rings. The average Bonchev–Trinajstić information content (AvgIpc) is 3.14. The van der Waals surface area contributed by atoms with Crippen LogP contribution in [-0.2, 0) is 13.6 Å². The first-order valence-electron chi connectivity index (χ1n) is 9.84. The summed E-state index contributed by atoms with van der Waals surface area (Å²) in [4.78, 5) is 22.2. The molecule has 1 saturated heterocycles. The molecule has 0 aliphatic carbocycles. The molecule has 1 aliphatic heterocycles. The molecule has 29 heavy (non-hydrogen) atoms. The van der Waals surface area contributed by atoms with E-state index in [2.05, 4.69) is 42.6 Å². The minimum Gasteiger partial charge on any atom is -0.388 e. The zero-order chi connectivity index (χ0) is 20.2. The number of hydrogen-bond acceptors (Lipinski definition) is 8. The van der Waals surface area contributed by atoms with Crippen LogP contribution >= 0.6 is 0 Å². The van der Waals surface area contributed by atoms with E-state index in [9.17, 15) is 4.79 Å². The summed E-state index contributed by atoms with van der Waals surface area (Å²) in [6.45, 7) is 3.07. The van der Waals surface area contributed by atoms with Gasteiger partial charge in [0.2, 0.25) is 5.95 Å². The summed E-state index contributed by atoms with van der Waals surface area (Å²) < 4.78 is 1.79. The van der Waals surface area contributed by atoms with Crippen molar-refractivity contribution in [1.29, 1.82) is 0 Å². The van der Waals surface area contributed by atoms with Gasteiger partial charge in [-0.15, -0.1) is 5.10 Å². The Morgan fingerprint density at radius 2 is 2.00 bits per heavy atom. The number of anilines is 1. The summed E-state index contributed by atoms with van der Waals surface area (Å²) >= 11 is 0. The van der Waals surface area contributed by atoms with Crippen LogP contribution in [-0.4, -0.2) is 62.1 Å². The van der Waals surface area contributed by atoms with Crippen LogP contribution in [0.3, 0.4) is 0 Å². The summed E-state index contributed by atoms with van der Waals surface area (Å²) in [6.07, 6.45) is 5.11. The molecule has 3 aromatic rings. The highest BCUT2D eigenvalue weighted by atomic mass is 16.3. The number of aryl methyl sites for hydroxylation is 1. The molecule has 1 aromatic carbocycles. The summed E-state index contributed by atoms with van der Waals surface area (Å²) in [5.74, 6) is 0.896. The lowest BCUT2D eigenvalue weighted by molar-refractivity contribution is 0.0903. The first kappa shape index (κ1) is 19.4. The van der Waals surface area contributed by atoms with Gasteiger partial charge in [-0.05, 0) is 43.0 Å². The molecule has 0 radical (unpaired) electrons. The standard InChI is InChI=1S/C20H25N7O2/c1-26-18-8-15(2-3-17(18)24-25-26)10-21-9-14-4-6-27(7-5-14)20-22-11-16(12-23-20)19(29)13-28/h2-3,8,11-12,14,21,28H,4-7,9-10,13H2,1H3. The number of nitrogens with one attached hydrogen (secondary N) is 1. The number of aliphatic hydroxyl groups excluding tert-OH is 1. The maximum atomic E-state index is 11.5. The fourth-order valence-electron chi connectivity index (χ4n) is 3.66. The number of ketones is 1. The number of nitrogens with zero attached hydrogens (tertiary/aromatic N) is 6. The molecular formula is C20H25N7O2. The number of hydrogen-bond donors (Lipinski definition) is 2. The average molecular weight is 395 g/mol. The van der Waals surface area contributed by atoms with Crippen molar-refractivity contribution in [1.82, 2.24) is 30.3 Å². The summed E-state index contributed by atoms with van der Waals surface area (Å²) in [7, 11) is 1.90. The largest absolute Gasteiger partial charge is 0.388 e. The minimum atomic E-state index is -0.520. The molecule has 9 nitrogen and oxygen atoms in total. The first-order chi connectivity index (χ1) is 14.1. The third-order valence-corrected chi connectivity index (χ3v) is 5.44. The molecule has 9 heteroatoms. The van der Waals surface area contributed by atoms with Gasteiger partial charge >= 0.3 is 0 Å². The molecule has 152 valence electrons. The van der Waals surface area contributed by atoms with E-state index in [-0.39, 0.29) is 5.78 Å². The lowest BCUT2D eigenvalue weighted by Crippen LogP contribution is -2.38. The maximum Gasteiger partial charge on any atom is 0.225 e. The molecular weight excluding hydrogens is 370 g/mol. The van der Waals surface area contributed by atoms with Gasteiger partial charge in [-0.25, -0.2) is 14.6 Å². The van der Waals surface area contributed by atoms with Crippen LogP contribution in [0.25, 0.3) is 11.0 Å². The topological polar surface area (TPSA) is 109 Å². The Morgan fingerprint density at radius 1 is 1.24 bits per heavy atom. The normalized spacial score (nSPS) is 15.2. The molecule has 0 saturated carbocycles. The van der Waals surface area contributed by atoms with E-state index >= 15 is 0 Å². The highest BCUT2D eigenvalue weighted by molar-refractivity contribution is 5.96. The lowest BCUT2D eigenvalue weighted by Gasteiger charge is -2.32. The van der Waals surface area contributed by atoms with Crippen LogP contribution in [0, 0.1) is 5.92 Å². The van der Waals surface area contributed by atoms with Gasteiger partial charge in [0.15, 0.2) is 5.78 Å². The number of Topliss-reactive ketones (excluding diaryl/α,β-unsaturated/α-hetero) is 1. The van der Waals surface area contributed by atoms with E-state index in [0.29, 0.717) is 17.4 Å². The van der Waals surface area contributed by atoms with Gasteiger partial charge in [0, 0.05) is 39.1 Å². The van der Waals surface area contributed by atoms with Crippen molar-refractivity contribution in [2.24, 2.45) is 13.0 Å². The third kappa shape index (κ3) is 4.41. The van der Waals surface area contributed by atoms with E-state index in [1.165, 1.54) is 18.0 Å². The monoisotopic (exact) mass is 395 g/mol. The molecule has 2 N–H and O–H groups in total. The molecule has 1 aliphatic rings. The number of piperidine rings is 1. The number of aliphatic hydroxyl groups is 1. The van der Waals surface area contributed by atoms with Gasteiger partial charge in [0.1, 0.15) is 12.1 Å². The van der Waals surface area contributed by atoms with Gasteiger partial charge in [0.05, 0.1) is 11.1 Å². The Morgan fingerprint density at radius 3 is 2.72 bits per heavy atom. The van der Waals surface area contributed by atoms with Gasteiger partial charge in [-0.3, -0.25) is 4.79 Å². The quantitative estimate of drug-likeness (QED) is 0.569. The molecule has 4 rings (SSSR count). The highest BCUT2D eigenvalue weighted by Crippen LogP contribution is 2.20. The van der Waals surface area contributed by atoms with Crippen LogP contribution in [0.2, 0.25) is 0 Å². The maximum absolute atomic E-state index is 11.5. The number of carbonyl (C=O) groups excluding carboxylic acids is 1. The number of fused-ring (bicyclic) bond motifs is 1. The molecule has 0 spiro atoms. The molecule has 0 bridgehead atoms. The van der Waals surface area contributed by atoms with E-state index in [1.54, 1.807) is 4.68 Å². The molecule has 0 unspecified atom stereocenters. The zero-order valence-electron chi connectivity index (χ0n) is 16.5. The first-order valence-corrected chi connectivity index (χ1v) is 9.84. The smallest absolute Gasteiger partial charge is 0.225 e. The van der Waals surface area contributed by atoms with E-state index in [0.717, 1.165) is 50.1 Å². The molecule has 2 aromatic heterocycles. The van der Waals surface area contributed by atoms with Gasteiger partial charge in [-0.1, -0.05) is 11.3 Å². The van der Waals surface area contributed by atoms with Crippen LogP contribution in [0.1, 0.15) is 28.8 Å². The van der Waals surface area contributed by atoms with Crippen molar-refractivity contribution in [2.75, 3.05) is 31.1 Å². The van der Waals surface area contributed by atoms with Gasteiger partial charge in [0.25, 0.3) is 0 Å². The molecule has 3 heterocycles. The van der Waals surface area contributed by atoms with Crippen molar-refractivity contribution in [3.05, 3.63) is 41.7 Å². The van der Waals surface area contributed by atoms with Gasteiger partial charge < -0.3 is 15.3 Å². The van der Waals surface area contributed by atoms with Crippen molar-refractivity contribution >= 4 is 22.8 Å². The Balaban J connectivity index is 1.24. The summed E-state index contributed by atoms with van der Waals surface area (Å²) in [5.41, 5.74) is 3.53. The minimum absolute atomic E-state index is 0.343. The predicted octanol–water partition coefficient (Wildman–Crippen LogP) is 0.940. The Labute approximate surface area is 168 Å². The van der Waals surface area contributed by atoms with Crippen LogP contribution < -0.4 is 10.2 Å². The molecule has 0 amide bonds. The van der Waals surface area contributed by atoms with Crippen LogP contribution in [0.4, 0.5) is 5.95 Å². The second-order valence-electron chi connectivity index (χ2n) is 7.45. The van der Waals surface area contributed by atoms with Crippen molar-refractivity contribution in [3.63, 3.8) is 0 Å². The zero-order valence-corrected chi connectivity index (χ0v) is 16.5. The predicted molar refractivity (Wildman–Crippen MR) is 109 cm³/mol. The third-order valence-electron chi connectivity index (χ3n) is 5.44. The number of aromatic nitrogens is 5. The van der Waals surface area contributed by atoms with Crippen LogP contribution in [0.15, 0.2) is 30.6 Å². The number of rotatable bonds is 7. The van der Waals surface area contributed by atoms with E-state index in [4.69, 9.17) is 5.11 Å². The second-order valence-corrected chi connectivity index (χ2v) is 7.45. The Kier molecular flexibility index (Phi) is 5.77. The fraction of sp³-hybridized carbons (Fsp3) is 0.450. The Hall–Kier alpha value is -2.91. The Bertz CT molecular complexity index is 978. The second kappa shape index (κ2) is 8.62. The van der Waals surface area contributed by atoms with Crippen LogP contribution in [0.5, 0.6) is 0 Å². The van der Waals surface area contributed by atoms with Crippen molar-refractivity contribution in [3.8, 4) is 0 Å². The summed E-state index contributed by atoms with van der Waals surface area (Å²) in [5, 5.41) is 20.6. The summed E-state index contributed by atoms with van der Waals surface area (Å²) in [6, 6.07) is 6.24. The number of carbonyl (C=O) groups is 1. The van der Waals surface area contributed by atoms with Crippen molar-refractivity contribution < 1.29 is 9.90 Å². The SMILES string of the molecule is Cn1nnc2ccc(CNCC3CCN(c4ncc(C(=O)CO)cn4)CC3)cc21. The van der Waals surface area contributed by atoms with Crippen molar-refractivity contribution in [2.45, 2.75) is 19.4 Å². The lowest BCUT2D eigenvalue weighted by atomic mass is 9.97. The molecule has 0 atom stereocenters. The van der Waals surface area contributed by atoms with E-state index in [1.807, 2.05) is 13.1 Å². The fourth-order valence-corrected chi connectivity index (χ4v) is 3.66.